The number of anilines is 2. The van der Waals surface area contributed by atoms with Gasteiger partial charge in [0.25, 0.3) is 11.8 Å². The van der Waals surface area contributed by atoms with E-state index in [0.717, 1.165) is 0 Å². The average molecular weight is 592 g/mol. The second-order valence-corrected chi connectivity index (χ2v) is 9.58. The predicted molar refractivity (Wildman–Crippen MR) is 148 cm³/mol. The van der Waals surface area contributed by atoms with Crippen LogP contribution >= 0.6 is 0 Å². The minimum atomic E-state index is -0.895. The summed E-state index contributed by atoms with van der Waals surface area (Å²) in [7, 11) is 0. The van der Waals surface area contributed by atoms with Gasteiger partial charge < -0.3 is 30.3 Å². The van der Waals surface area contributed by atoms with Crippen molar-refractivity contribution in [2.75, 3.05) is 10.6 Å². The number of ether oxygens (including phenoxy) is 2. The zero-order valence-corrected chi connectivity index (χ0v) is 22.0. The summed E-state index contributed by atoms with van der Waals surface area (Å²) in [5.41, 5.74) is -0.409. The molecule has 13 nitrogen and oxygen atoms in total. The van der Waals surface area contributed by atoms with Gasteiger partial charge in [0.05, 0.1) is 33.6 Å². The Labute approximate surface area is 245 Å². The Bertz CT molecular complexity index is 1890. The van der Waals surface area contributed by atoms with Gasteiger partial charge in [-0.3, -0.25) is 14.4 Å². The van der Waals surface area contributed by atoms with Crippen molar-refractivity contribution in [2.24, 2.45) is 0 Å². The molecular formula is C31H16N2O11. The molecule has 0 aliphatic carbocycles. The Morgan fingerprint density at radius 1 is 0.477 bits per heavy atom. The number of hydrogen-bond acceptors (Lipinski definition) is 11. The lowest BCUT2D eigenvalue weighted by Crippen LogP contribution is -2.14. The van der Waals surface area contributed by atoms with Gasteiger partial charge in [-0.25, -0.2) is 19.2 Å². The van der Waals surface area contributed by atoms with Gasteiger partial charge in [0.1, 0.15) is 11.5 Å². The Hall–Kier alpha value is -6.63. The van der Waals surface area contributed by atoms with Crippen molar-refractivity contribution in [3.8, 4) is 11.5 Å². The lowest BCUT2D eigenvalue weighted by atomic mass is 10.0. The van der Waals surface area contributed by atoms with Crippen LogP contribution in [0.5, 0.6) is 11.5 Å². The summed E-state index contributed by atoms with van der Waals surface area (Å²) < 4.78 is 9.03. The number of esters is 4. The van der Waals surface area contributed by atoms with E-state index in [1.165, 1.54) is 72.8 Å². The lowest BCUT2D eigenvalue weighted by molar-refractivity contribution is 0.0425. The number of hydrogen-bond donors (Lipinski definition) is 4. The zero-order chi connectivity index (χ0) is 31.3. The van der Waals surface area contributed by atoms with E-state index in [1.54, 1.807) is 0 Å². The maximum atomic E-state index is 13.3. The molecule has 2 aliphatic heterocycles. The highest BCUT2D eigenvalue weighted by molar-refractivity contribution is 6.18. The molecule has 0 atom stereocenters. The smallest absolute Gasteiger partial charge is 0.346 e. The quantitative estimate of drug-likeness (QED) is 0.110. The minimum absolute atomic E-state index is 0.0138. The molecule has 0 saturated carbocycles. The molecule has 13 heteroatoms. The number of fused-ring (bicyclic) bond motifs is 2. The van der Waals surface area contributed by atoms with Crippen LogP contribution in [0.15, 0.2) is 72.8 Å². The molecule has 2 heterocycles. The van der Waals surface area contributed by atoms with Crippen molar-refractivity contribution >= 4 is 52.8 Å². The summed E-state index contributed by atoms with van der Waals surface area (Å²) in [5.74, 6) is -6.30. The Balaban J connectivity index is 1.21. The van der Waals surface area contributed by atoms with Crippen LogP contribution in [-0.4, -0.2) is 51.7 Å². The fraction of sp³-hybridized carbons (Fsp3) is 0. The molecule has 0 aromatic heterocycles. The number of aromatic hydroxyl groups is 2. The zero-order valence-electron chi connectivity index (χ0n) is 22.0. The van der Waals surface area contributed by atoms with Gasteiger partial charge in [0.15, 0.2) is 5.78 Å². The summed E-state index contributed by atoms with van der Waals surface area (Å²) in [4.78, 5) is 86.0. The van der Waals surface area contributed by atoms with E-state index < -0.39 is 41.5 Å². The van der Waals surface area contributed by atoms with Crippen LogP contribution in [-0.2, 0) is 9.47 Å². The van der Waals surface area contributed by atoms with Gasteiger partial charge in [-0.15, -0.1) is 0 Å². The van der Waals surface area contributed by atoms with Crippen LogP contribution in [0.3, 0.4) is 0 Å². The molecule has 4 aromatic carbocycles. The highest BCUT2D eigenvalue weighted by Crippen LogP contribution is 2.30. The SMILES string of the molecule is O=C(Nc1cc(C(=O)c2ccc(O)c(NC(=O)c3ccc4c(c3)C(=O)OC4=O)c2)ccc1O)c1ccc2c(c1)C(=O)OC2=O. The van der Waals surface area contributed by atoms with Crippen LogP contribution in [0.4, 0.5) is 11.4 Å². The summed E-state index contributed by atoms with van der Waals surface area (Å²) in [6.07, 6.45) is 0. The van der Waals surface area contributed by atoms with Crippen LogP contribution in [0.1, 0.15) is 78.1 Å². The van der Waals surface area contributed by atoms with Gasteiger partial charge in [-0.2, -0.15) is 0 Å². The van der Waals surface area contributed by atoms with E-state index in [-0.39, 0.29) is 67.4 Å². The fourth-order valence-electron chi connectivity index (χ4n) is 4.56. The maximum absolute atomic E-state index is 13.3. The first kappa shape index (κ1) is 27.5. The number of carbonyl (C=O) groups excluding carboxylic acids is 7. The van der Waals surface area contributed by atoms with Crippen LogP contribution < -0.4 is 10.6 Å². The summed E-state index contributed by atoms with van der Waals surface area (Å²) in [5, 5.41) is 25.5. The van der Waals surface area contributed by atoms with Crippen LogP contribution in [0.2, 0.25) is 0 Å². The van der Waals surface area contributed by atoms with Crippen molar-refractivity contribution in [2.45, 2.75) is 0 Å². The largest absolute Gasteiger partial charge is 0.506 e. The Morgan fingerprint density at radius 2 is 0.841 bits per heavy atom. The van der Waals surface area contributed by atoms with E-state index in [1.807, 2.05) is 0 Å². The molecule has 0 unspecified atom stereocenters. The van der Waals surface area contributed by atoms with Crippen molar-refractivity contribution in [3.05, 3.63) is 117 Å². The third kappa shape index (κ3) is 4.79. The van der Waals surface area contributed by atoms with Gasteiger partial charge in [-0.05, 0) is 72.8 Å². The monoisotopic (exact) mass is 592 g/mol. The number of rotatable bonds is 6. The third-order valence-electron chi connectivity index (χ3n) is 6.83. The number of benzene rings is 4. The second kappa shape index (κ2) is 10.3. The molecule has 0 radical (unpaired) electrons. The number of amides is 2. The Morgan fingerprint density at radius 3 is 1.25 bits per heavy atom. The highest BCUT2D eigenvalue weighted by atomic mass is 16.6. The van der Waals surface area contributed by atoms with E-state index in [9.17, 15) is 43.8 Å². The molecule has 44 heavy (non-hydrogen) atoms. The number of phenolic OH excluding ortho intramolecular Hbond substituents is 2. The van der Waals surface area contributed by atoms with E-state index >= 15 is 0 Å². The summed E-state index contributed by atoms with van der Waals surface area (Å²) in [6, 6.07) is 14.8. The number of cyclic esters (lactones) is 4. The number of nitrogens with one attached hydrogen (secondary N) is 2. The molecule has 2 amide bonds. The summed E-state index contributed by atoms with van der Waals surface area (Å²) in [6.45, 7) is 0. The van der Waals surface area contributed by atoms with Crippen molar-refractivity contribution in [1.82, 2.24) is 0 Å². The molecule has 2 aliphatic rings. The predicted octanol–water partition coefficient (Wildman–Crippen LogP) is 3.45. The van der Waals surface area contributed by atoms with E-state index in [0.29, 0.717) is 0 Å². The van der Waals surface area contributed by atoms with Crippen molar-refractivity contribution < 1.29 is 53.2 Å². The average Bonchev–Trinajstić information content (AvgIpc) is 3.46. The van der Waals surface area contributed by atoms with Crippen LogP contribution in [0.25, 0.3) is 0 Å². The molecule has 0 fully saturated rings. The second-order valence-electron chi connectivity index (χ2n) is 9.58. The first-order chi connectivity index (χ1) is 21.0. The third-order valence-corrected chi connectivity index (χ3v) is 6.83. The Kier molecular flexibility index (Phi) is 6.46. The van der Waals surface area contributed by atoms with Crippen molar-refractivity contribution in [3.63, 3.8) is 0 Å². The van der Waals surface area contributed by atoms with E-state index in [2.05, 4.69) is 20.1 Å². The molecule has 4 N–H and O–H groups in total. The van der Waals surface area contributed by atoms with Gasteiger partial charge >= 0.3 is 23.9 Å². The fourth-order valence-corrected chi connectivity index (χ4v) is 4.56. The molecular weight excluding hydrogens is 576 g/mol. The number of ketones is 1. The topological polar surface area (TPSA) is 202 Å². The van der Waals surface area contributed by atoms with Crippen LogP contribution in [0, 0.1) is 0 Å². The molecule has 0 saturated heterocycles. The first-order valence-corrected chi connectivity index (χ1v) is 12.6. The van der Waals surface area contributed by atoms with Crippen molar-refractivity contribution in [1.29, 1.82) is 0 Å². The molecule has 216 valence electrons. The van der Waals surface area contributed by atoms with E-state index in [4.69, 9.17) is 0 Å². The number of phenols is 2. The van der Waals surface area contributed by atoms with Gasteiger partial charge in [0.2, 0.25) is 0 Å². The highest BCUT2D eigenvalue weighted by Gasteiger charge is 2.31. The van der Waals surface area contributed by atoms with Gasteiger partial charge in [-0.1, -0.05) is 0 Å². The molecule has 0 spiro atoms. The number of carbonyl (C=O) groups is 7. The normalized spacial score (nSPS) is 13.1. The molecule has 4 aromatic rings. The first-order valence-electron chi connectivity index (χ1n) is 12.6. The maximum Gasteiger partial charge on any atom is 0.346 e. The standard InChI is InChI=1S/C31H16N2O11/c34-23-7-3-13(11-21(23)32-26(37)15-1-5-17-19(9-15)30(41)43-28(17)39)25(36)14-4-8-24(35)22(12-14)33-27(38)16-2-6-18-20(10-16)31(42)44-29(18)40/h1-12,34-35H,(H,32,37)(H,33,38). The van der Waals surface area contributed by atoms with Gasteiger partial charge in [0, 0.05) is 22.3 Å². The summed E-state index contributed by atoms with van der Waals surface area (Å²) >= 11 is 0. The minimum Gasteiger partial charge on any atom is -0.506 e. The molecule has 6 rings (SSSR count). The molecule has 0 bridgehead atoms. The lowest BCUT2D eigenvalue weighted by Gasteiger charge is -2.12.